The summed E-state index contributed by atoms with van der Waals surface area (Å²) >= 11 is 0. The van der Waals surface area contributed by atoms with Gasteiger partial charge in [0.1, 0.15) is 29.4 Å². The molecule has 0 fully saturated rings. The summed E-state index contributed by atoms with van der Waals surface area (Å²) < 4.78 is 89.0. The number of benzene rings is 2. The van der Waals surface area contributed by atoms with Crippen molar-refractivity contribution in [1.29, 1.82) is 0 Å². The van der Waals surface area contributed by atoms with Crippen molar-refractivity contribution in [3.8, 4) is 39.8 Å². The SMILES string of the molecule is Fc1cccc(-c2nc3cnn(Cc4cc(-c5ccc(OC(F)(F)C(F)F)cc5)no4)cc-3n2)c1F. The summed E-state index contributed by atoms with van der Waals surface area (Å²) in [5.74, 6) is -2.10. The second-order valence-electron chi connectivity index (χ2n) is 7.56. The van der Waals surface area contributed by atoms with Crippen LogP contribution in [0.25, 0.3) is 34.0 Å². The van der Waals surface area contributed by atoms with Crippen LogP contribution in [0, 0.1) is 11.6 Å². The predicted molar refractivity (Wildman–Crippen MR) is 112 cm³/mol. The van der Waals surface area contributed by atoms with Crippen LogP contribution in [0.3, 0.4) is 0 Å². The highest BCUT2D eigenvalue weighted by molar-refractivity contribution is 5.65. The topological polar surface area (TPSA) is 78.9 Å². The molecule has 1 aromatic heterocycles. The molecule has 0 aliphatic carbocycles. The third-order valence-corrected chi connectivity index (χ3v) is 5.04. The lowest BCUT2D eigenvalue weighted by Crippen LogP contribution is -2.33. The van der Waals surface area contributed by atoms with Crippen LogP contribution in [0.2, 0.25) is 0 Å². The van der Waals surface area contributed by atoms with Gasteiger partial charge >= 0.3 is 12.5 Å². The molecule has 0 radical (unpaired) electrons. The molecule has 0 atom stereocenters. The van der Waals surface area contributed by atoms with E-state index in [1.54, 1.807) is 12.3 Å². The number of hydrogen-bond donors (Lipinski definition) is 0. The first kappa shape index (κ1) is 23.3. The van der Waals surface area contributed by atoms with Gasteiger partial charge in [-0.2, -0.15) is 22.7 Å². The lowest BCUT2D eigenvalue weighted by atomic mass is 10.1. The zero-order valence-electron chi connectivity index (χ0n) is 17.9. The molecule has 0 amide bonds. The highest BCUT2D eigenvalue weighted by Gasteiger charge is 2.43. The van der Waals surface area contributed by atoms with E-state index >= 15 is 0 Å². The molecule has 7 nitrogen and oxygen atoms in total. The van der Waals surface area contributed by atoms with E-state index in [1.807, 2.05) is 0 Å². The molecule has 0 unspecified atom stereocenters. The van der Waals surface area contributed by atoms with Crippen molar-refractivity contribution in [2.24, 2.45) is 0 Å². The average molecular weight is 505 g/mol. The van der Waals surface area contributed by atoms with Crippen molar-refractivity contribution in [3.05, 3.63) is 78.3 Å². The maximum atomic E-state index is 14.1. The molecule has 13 heteroatoms. The van der Waals surface area contributed by atoms with E-state index < -0.39 is 29.9 Å². The second-order valence-corrected chi connectivity index (χ2v) is 7.56. The lowest BCUT2D eigenvalue weighted by molar-refractivity contribution is -0.253. The Hall–Kier alpha value is -4.42. The number of aromatic nitrogens is 5. The van der Waals surface area contributed by atoms with Gasteiger partial charge in [0.25, 0.3) is 0 Å². The van der Waals surface area contributed by atoms with Crippen molar-refractivity contribution in [3.63, 3.8) is 0 Å². The second kappa shape index (κ2) is 8.98. The van der Waals surface area contributed by atoms with Crippen LogP contribution in [-0.2, 0) is 6.54 Å². The largest absolute Gasteiger partial charge is 0.461 e. The molecule has 0 N–H and O–H groups in total. The molecule has 2 aliphatic heterocycles. The molecule has 2 aromatic carbocycles. The number of ether oxygens (including phenoxy) is 1. The van der Waals surface area contributed by atoms with Crippen molar-refractivity contribution in [2.75, 3.05) is 0 Å². The van der Waals surface area contributed by atoms with Crippen LogP contribution in [0.5, 0.6) is 5.75 Å². The molecular formula is C23H13F6N5O2. The molecule has 0 bridgehead atoms. The Morgan fingerprint density at radius 1 is 0.972 bits per heavy atom. The number of hydrogen-bond acceptors (Lipinski definition) is 6. The monoisotopic (exact) mass is 505 g/mol. The Kier molecular flexibility index (Phi) is 5.82. The number of imidazole rings is 1. The highest BCUT2D eigenvalue weighted by Crippen LogP contribution is 2.30. The fraction of sp³-hybridized carbons (Fsp3) is 0.130. The van der Waals surface area contributed by atoms with Crippen LogP contribution in [0.15, 0.2) is 65.4 Å². The first-order chi connectivity index (χ1) is 17.2. The van der Waals surface area contributed by atoms with E-state index in [0.29, 0.717) is 28.4 Å². The van der Waals surface area contributed by atoms with E-state index in [9.17, 15) is 26.3 Å². The summed E-state index contributed by atoms with van der Waals surface area (Å²) in [6.45, 7) is 0.126. The van der Waals surface area contributed by atoms with Gasteiger partial charge in [-0.15, -0.1) is 0 Å². The van der Waals surface area contributed by atoms with Crippen LogP contribution in [0.1, 0.15) is 5.76 Å². The smallest absolute Gasteiger partial charge is 0.428 e. The molecule has 3 aromatic rings. The summed E-state index contributed by atoms with van der Waals surface area (Å²) in [5.41, 5.74) is 1.51. The number of nitrogens with zero attached hydrogens (tertiary/aromatic N) is 5. The van der Waals surface area contributed by atoms with E-state index in [-0.39, 0.29) is 17.9 Å². The molecule has 0 saturated heterocycles. The maximum Gasteiger partial charge on any atom is 0.461 e. The van der Waals surface area contributed by atoms with Crippen molar-refractivity contribution >= 4 is 0 Å². The summed E-state index contributed by atoms with van der Waals surface area (Å²) in [6, 6.07) is 10.2. The fourth-order valence-corrected chi connectivity index (χ4v) is 3.32. The Balaban J connectivity index is 1.32. The molecule has 0 spiro atoms. The minimum Gasteiger partial charge on any atom is -0.428 e. The van der Waals surface area contributed by atoms with Crippen molar-refractivity contribution in [2.45, 2.75) is 19.1 Å². The molecule has 0 saturated carbocycles. The zero-order chi connectivity index (χ0) is 25.4. The van der Waals surface area contributed by atoms with Gasteiger partial charge in [-0.1, -0.05) is 11.2 Å². The molecule has 36 heavy (non-hydrogen) atoms. The minimum atomic E-state index is -4.60. The van der Waals surface area contributed by atoms with Gasteiger partial charge < -0.3 is 9.26 Å². The van der Waals surface area contributed by atoms with E-state index in [4.69, 9.17) is 4.52 Å². The van der Waals surface area contributed by atoms with Gasteiger partial charge in [0.2, 0.25) is 0 Å². The fourth-order valence-electron chi connectivity index (χ4n) is 3.32. The average Bonchev–Trinajstić information content (AvgIpc) is 3.48. The van der Waals surface area contributed by atoms with E-state index in [0.717, 1.165) is 18.2 Å². The van der Waals surface area contributed by atoms with Gasteiger partial charge in [0.05, 0.1) is 18.0 Å². The minimum absolute atomic E-state index is 0.0160. The quantitative estimate of drug-likeness (QED) is 0.266. The summed E-state index contributed by atoms with van der Waals surface area (Å²) in [6.07, 6.45) is -5.62. The predicted octanol–water partition coefficient (Wildman–Crippen LogP) is 5.66. The summed E-state index contributed by atoms with van der Waals surface area (Å²) in [7, 11) is 0. The number of halogens is 6. The number of rotatable bonds is 7. The summed E-state index contributed by atoms with van der Waals surface area (Å²) in [4.78, 5) is 8.43. The lowest BCUT2D eigenvalue weighted by Gasteiger charge is -2.16. The summed E-state index contributed by atoms with van der Waals surface area (Å²) in [5, 5.41) is 8.11. The van der Waals surface area contributed by atoms with E-state index in [2.05, 4.69) is 25.0 Å². The molecule has 3 heterocycles. The number of alkyl halides is 4. The van der Waals surface area contributed by atoms with Crippen LogP contribution in [-0.4, -0.2) is 37.4 Å². The van der Waals surface area contributed by atoms with Crippen LogP contribution in [0.4, 0.5) is 26.3 Å². The Bertz CT molecular complexity index is 1480. The van der Waals surface area contributed by atoms with Crippen molar-refractivity contribution < 1.29 is 35.6 Å². The normalized spacial score (nSPS) is 12.0. The third kappa shape index (κ3) is 4.59. The molecule has 184 valence electrons. The molecule has 2 aliphatic rings. The number of fused-ring (bicyclic) bond motifs is 1. The van der Waals surface area contributed by atoms with Crippen LogP contribution < -0.4 is 4.74 Å². The molecule has 5 rings (SSSR count). The standard InChI is InChI=1S/C23H13F6N5O2/c24-16-3-1-2-15(20(16)25)21-31-18-9-30-34(11-19(18)32-21)10-14-8-17(33-36-14)12-4-6-13(7-5-12)35-23(28,29)22(26)27/h1-9,11,22H,10H2. The first-order valence-corrected chi connectivity index (χ1v) is 10.3. The highest BCUT2D eigenvalue weighted by atomic mass is 19.3. The zero-order valence-corrected chi connectivity index (χ0v) is 17.9. The first-order valence-electron chi connectivity index (χ1n) is 10.3. The Morgan fingerprint density at radius 3 is 2.47 bits per heavy atom. The van der Waals surface area contributed by atoms with Crippen molar-refractivity contribution in [1.82, 2.24) is 24.9 Å². The van der Waals surface area contributed by atoms with E-state index in [1.165, 1.54) is 35.1 Å². The van der Waals surface area contributed by atoms with Gasteiger partial charge in [0, 0.05) is 11.6 Å². The van der Waals surface area contributed by atoms with Gasteiger partial charge in [-0.3, -0.25) is 4.68 Å². The third-order valence-electron chi connectivity index (χ3n) is 5.04. The van der Waals surface area contributed by atoms with Crippen LogP contribution >= 0.6 is 0 Å². The van der Waals surface area contributed by atoms with Gasteiger partial charge in [0.15, 0.2) is 23.2 Å². The van der Waals surface area contributed by atoms with Gasteiger partial charge in [-0.05, 0) is 36.4 Å². The Morgan fingerprint density at radius 2 is 1.72 bits per heavy atom. The molecular weight excluding hydrogens is 492 g/mol. The van der Waals surface area contributed by atoms with Gasteiger partial charge in [-0.25, -0.2) is 18.7 Å². The maximum absolute atomic E-state index is 14.1. The Labute approximate surface area is 198 Å².